The second kappa shape index (κ2) is 3.47. The molecule has 16 heavy (non-hydrogen) atoms. The van der Waals surface area contributed by atoms with E-state index in [9.17, 15) is 4.79 Å². The van der Waals surface area contributed by atoms with Crippen LogP contribution >= 0.6 is 12.2 Å². The SMILES string of the molecule is Cn1cnn([C@H]2CC(=O)[C@@H]3OC[C@H]2O3)c1=S. The molecular weight excluding hydrogens is 230 g/mol. The van der Waals surface area contributed by atoms with Crippen molar-refractivity contribution in [2.75, 3.05) is 6.61 Å². The topological polar surface area (TPSA) is 58.3 Å². The van der Waals surface area contributed by atoms with E-state index in [0.717, 1.165) is 0 Å². The van der Waals surface area contributed by atoms with Gasteiger partial charge < -0.3 is 14.0 Å². The van der Waals surface area contributed by atoms with E-state index in [1.807, 2.05) is 7.05 Å². The zero-order valence-electron chi connectivity index (χ0n) is 8.70. The lowest BCUT2D eigenvalue weighted by Gasteiger charge is -2.26. The van der Waals surface area contributed by atoms with Crippen molar-refractivity contribution in [2.45, 2.75) is 24.9 Å². The van der Waals surface area contributed by atoms with Crippen molar-refractivity contribution in [1.82, 2.24) is 14.3 Å². The van der Waals surface area contributed by atoms with Crippen LogP contribution in [0.2, 0.25) is 0 Å². The lowest BCUT2D eigenvalue weighted by atomic mass is 10.0. The number of hydrogen-bond donors (Lipinski definition) is 0. The third-order valence-corrected chi connectivity index (χ3v) is 3.45. The molecule has 2 aliphatic heterocycles. The highest BCUT2D eigenvalue weighted by atomic mass is 32.1. The second-order valence-corrected chi connectivity index (χ2v) is 4.41. The summed E-state index contributed by atoms with van der Waals surface area (Å²) in [5, 5.41) is 4.18. The second-order valence-electron chi connectivity index (χ2n) is 4.05. The van der Waals surface area contributed by atoms with Crippen molar-refractivity contribution in [2.24, 2.45) is 7.05 Å². The molecule has 3 atom stereocenters. The van der Waals surface area contributed by atoms with E-state index in [-0.39, 0.29) is 17.9 Å². The van der Waals surface area contributed by atoms with Gasteiger partial charge in [0, 0.05) is 13.5 Å². The third-order valence-electron chi connectivity index (χ3n) is 2.97. The standard InChI is InChI=1S/C9H11N3O3S/c1-11-4-10-12(9(11)16)5-2-6(13)8-14-3-7(5)15-8/h4-5,7-8H,2-3H2,1H3/t5-,7+,8+/m0/s1. The molecule has 0 amide bonds. The lowest BCUT2D eigenvalue weighted by Crippen LogP contribution is -2.37. The Morgan fingerprint density at radius 2 is 2.44 bits per heavy atom. The minimum absolute atomic E-state index is 0.0358. The van der Waals surface area contributed by atoms with Crippen LogP contribution in [0, 0.1) is 4.77 Å². The number of rotatable bonds is 1. The molecule has 1 aromatic heterocycles. The Labute approximate surface area is 96.8 Å². The first-order chi connectivity index (χ1) is 7.66. The number of fused-ring (bicyclic) bond motifs is 2. The summed E-state index contributed by atoms with van der Waals surface area (Å²) in [6.07, 6.45) is 1.22. The molecule has 3 rings (SSSR count). The number of aryl methyl sites for hydroxylation is 1. The number of aromatic nitrogens is 3. The largest absolute Gasteiger partial charge is 0.343 e. The molecule has 86 valence electrons. The Kier molecular flexibility index (Phi) is 2.20. The molecule has 0 aliphatic carbocycles. The van der Waals surface area contributed by atoms with Crippen LogP contribution in [-0.4, -0.2) is 39.1 Å². The summed E-state index contributed by atoms with van der Waals surface area (Å²) in [6, 6.07) is -0.139. The summed E-state index contributed by atoms with van der Waals surface area (Å²) >= 11 is 5.22. The normalized spacial score (nSPS) is 33.3. The summed E-state index contributed by atoms with van der Waals surface area (Å²) in [7, 11) is 1.82. The van der Waals surface area contributed by atoms with Crippen molar-refractivity contribution >= 4 is 18.0 Å². The van der Waals surface area contributed by atoms with Crippen molar-refractivity contribution in [3.05, 3.63) is 11.1 Å². The van der Waals surface area contributed by atoms with Gasteiger partial charge in [-0.2, -0.15) is 5.10 Å². The van der Waals surface area contributed by atoms with Crippen LogP contribution in [0.25, 0.3) is 0 Å². The molecule has 2 aliphatic rings. The van der Waals surface area contributed by atoms with Crippen LogP contribution in [0.4, 0.5) is 0 Å². The fraction of sp³-hybridized carbons (Fsp3) is 0.667. The van der Waals surface area contributed by atoms with Gasteiger partial charge in [0.05, 0.1) is 12.6 Å². The van der Waals surface area contributed by atoms with Crippen LogP contribution in [0.5, 0.6) is 0 Å². The number of nitrogens with zero attached hydrogens (tertiary/aromatic N) is 3. The van der Waals surface area contributed by atoms with Gasteiger partial charge in [-0.25, -0.2) is 4.68 Å². The molecule has 2 saturated heterocycles. The fourth-order valence-electron chi connectivity index (χ4n) is 2.09. The maximum absolute atomic E-state index is 11.6. The van der Waals surface area contributed by atoms with Gasteiger partial charge in [0.1, 0.15) is 12.4 Å². The number of carbonyl (C=O) groups is 1. The summed E-state index contributed by atoms with van der Waals surface area (Å²) < 4.78 is 14.7. The van der Waals surface area contributed by atoms with Crippen molar-refractivity contribution in [3.63, 3.8) is 0 Å². The number of hydrogen-bond acceptors (Lipinski definition) is 5. The Balaban J connectivity index is 1.98. The third kappa shape index (κ3) is 1.35. The molecule has 3 heterocycles. The average Bonchev–Trinajstić information content (AvgIpc) is 2.82. The van der Waals surface area contributed by atoms with E-state index < -0.39 is 6.29 Å². The first-order valence-corrected chi connectivity index (χ1v) is 5.47. The highest BCUT2D eigenvalue weighted by Crippen LogP contribution is 2.32. The van der Waals surface area contributed by atoms with Gasteiger partial charge in [0.2, 0.25) is 6.29 Å². The molecule has 7 heteroatoms. The first-order valence-electron chi connectivity index (χ1n) is 5.07. The molecule has 0 aromatic carbocycles. The lowest BCUT2D eigenvalue weighted by molar-refractivity contribution is -0.156. The minimum atomic E-state index is -0.667. The Morgan fingerprint density at radius 1 is 1.62 bits per heavy atom. The van der Waals surface area contributed by atoms with Crippen molar-refractivity contribution in [3.8, 4) is 0 Å². The maximum atomic E-state index is 11.6. The number of ether oxygens (including phenoxy) is 2. The molecule has 0 saturated carbocycles. The van der Waals surface area contributed by atoms with E-state index in [1.165, 1.54) is 0 Å². The zero-order chi connectivity index (χ0) is 11.3. The van der Waals surface area contributed by atoms with Gasteiger partial charge in [-0.3, -0.25) is 4.79 Å². The first kappa shape index (κ1) is 10.1. The molecule has 0 unspecified atom stereocenters. The molecular formula is C9H11N3O3S. The highest BCUT2D eigenvalue weighted by Gasteiger charge is 2.44. The van der Waals surface area contributed by atoms with E-state index in [1.54, 1.807) is 15.6 Å². The Morgan fingerprint density at radius 3 is 3.12 bits per heavy atom. The van der Waals surface area contributed by atoms with E-state index >= 15 is 0 Å². The quantitative estimate of drug-likeness (QED) is 0.658. The molecule has 2 fully saturated rings. The molecule has 2 bridgehead atoms. The van der Waals surface area contributed by atoms with Crippen molar-refractivity contribution in [1.29, 1.82) is 0 Å². The molecule has 6 nitrogen and oxygen atoms in total. The van der Waals surface area contributed by atoms with Gasteiger partial charge >= 0.3 is 0 Å². The fourth-order valence-corrected chi connectivity index (χ4v) is 2.32. The molecule has 1 aromatic rings. The summed E-state index contributed by atoms with van der Waals surface area (Å²) in [6.45, 7) is 0.430. The van der Waals surface area contributed by atoms with Crippen molar-refractivity contribution < 1.29 is 14.3 Å². The Hall–Kier alpha value is -1.05. The summed E-state index contributed by atoms with van der Waals surface area (Å²) in [4.78, 5) is 11.6. The smallest absolute Gasteiger partial charge is 0.218 e. The van der Waals surface area contributed by atoms with Crippen LogP contribution in [0.1, 0.15) is 12.5 Å². The van der Waals surface area contributed by atoms with Gasteiger partial charge in [-0.15, -0.1) is 0 Å². The Bertz CT molecular complexity index is 494. The van der Waals surface area contributed by atoms with E-state index in [0.29, 0.717) is 17.8 Å². The van der Waals surface area contributed by atoms with Gasteiger partial charge in [-0.05, 0) is 12.2 Å². The maximum Gasteiger partial charge on any atom is 0.218 e. The van der Waals surface area contributed by atoms with Gasteiger partial charge in [0.25, 0.3) is 0 Å². The summed E-state index contributed by atoms with van der Waals surface area (Å²) in [5.41, 5.74) is 0. The molecule has 0 N–H and O–H groups in total. The summed E-state index contributed by atoms with van der Waals surface area (Å²) in [5.74, 6) is -0.0358. The van der Waals surface area contributed by atoms with Crippen LogP contribution in [0.15, 0.2) is 6.33 Å². The monoisotopic (exact) mass is 241 g/mol. The van der Waals surface area contributed by atoms with Gasteiger partial charge in [0.15, 0.2) is 10.6 Å². The zero-order valence-corrected chi connectivity index (χ0v) is 9.51. The number of Topliss-reactive ketones (excluding diaryl/α,β-unsaturated/α-hetero) is 1. The minimum Gasteiger partial charge on any atom is -0.343 e. The van der Waals surface area contributed by atoms with E-state index in [2.05, 4.69) is 5.10 Å². The van der Waals surface area contributed by atoms with E-state index in [4.69, 9.17) is 21.7 Å². The average molecular weight is 241 g/mol. The van der Waals surface area contributed by atoms with Gasteiger partial charge in [-0.1, -0.05) is 0 Å². The predicted molar refractivity (Wildman–Crippen MR) is 55.3 cm³/mol. The highest BCUT2D eigenvalue weighted by molar-refractivity contribution is 7.71. The van der Waals surface area contributed by atoms with Crippen LogP contribution in [-0.2, 0) is 21.3 Å². The van der Waals surface area contributed by atoms with Crippen LogP contribution < -0.4 is 0 Å². The number of carbonyl (C=O) groups excluding carboxylic acids is 1. The number of ketones is 1. The molecule has 0 spiro atoms. The molecule has 0 radical (unpaired) electrons. The predicted octanol–water partition coefficient (Wildman–Crippen LogP) is 0.206. The van der Waals surface area contributed by atoms with Crippen LogP contribution in [0.3, 0.4) is 0 Å².